The van der Waals surface area contributed by atoms with Gasteiger partial charge in [0.1, 0.15) is 10.7 Å². The van der Waals surface area contributed by atoms with Crippen molar-refractivity contribution in [2.24, 2.45) is 5.16 Å². The van der Waals surface area contributed by atoms with Gasteiger partial charge in [0.15, 0.2) is 0 Å². The predicted octanol–water partition coefficient (Wildman–Crippen LogP) is 3.10. The number of aliphatic hydroxyl groups is 1. The molecule has 0 aromatic heterocycles. The van der Waals surface area contributed by atoms with E-state index in [1.54, 1.807) is 0 Å². The quantitative estimate of drug-likeness (QED) is 0.246. The summed E-state index contributed by atoms with van der Waals surface area (Å²) in [4.78, 5) is 5.12. The zero-order valence-electron chi connectivity index (χ0n) is 9.00. The van der Waals surface area contributed by atoms with E-state index in [4.69, 9.17) is 9.94 Å². The van der Waals surface area contributed by atoms with Crippen LogP contribution >= 0.6 is 22.6 Å². The van der Waals surface area contributed by atoms with E-state index in [0.29, 0.717) is 6.61 Å². The van der Waals surface area contributed by atoms with Crippen LogP contribution in [0.3, 0.4) is 0 Å². The van der Waals surface area contributed by atoms with E-state index in [1.165, 1.54) is 0 Å². The largest absolute Gasteiger partial charge is 0.396 e. The van der Waals surface area contributed by atoms with Crippen LogP contribution in [0.15, 0.2) is 5.16 Å². The van der Waals surface area contributed by atoms with Crippen molar-refractivity contribution in [2.45, 2.75) is 50.1 Å². The SMILES string of the molecule is CC/C(C)=N/OCCCCCC(O)I. The van der Waals surface area contributed by atoms with Crippen LogP contribution in [-0.2, 0) is 4.84 Å². The maximum absolute atomic E-state index is 8.99. The first-order valence-electron chi connectivity index (χ1n) is 5.14. The summed E-state index contributed by atoms with van der Waals surface area (Å²) in [7, 11) is 0. The zero-order valence-corrected chi connectivity index (χ0v) is 11.2. The maximum atomic E-state index is 8.99. The smallest absolute Gasteiger partial charge is 0.117 e. The normalized spacial score (nSPS) is 14.1. The lowest BCUT2D eigenvalue weighted by Crippen LogP contribution is -1.96. The monoisotopic (exact) mass is 313 g/mol. The molecule has 84 valence electrons. The summed E-state index contributed by atoms with van der Waals surface area (Å²) in [5, 5.41) is 12.9. The lowest BCUT2D eigenvalue weighted by molar-refractivity contribution is 0.138. The van der Waals surface area contributed by atoms with E-state index >= 15 is 0 Å². The number of alkyl halides is 1. The maximum Gasteiger partial charge on any atom is 0.117 e. The number of oxime groups is 1. The molecule has 14 heavy (non-hydrogen) atoms. The topological polar surface area (TPSA) is 41.8 Å². The zero-order chi connectivity index (χ0) is 10.8. The van der Waals surface area contributed by atoms with Crippen LogP contribution < -0.4 is 0 Å². The summed E-state index contributed by atoms with van der Waals surface area (Å²) in [5.41, 5.74) is 1.03. The fourth-order valence-electron chi connectivity index (χ4n) is 0.877. The van der Waals surface area contributed by atoms with Gasteiger partial charge in [-0.15, -0.1) is 0 Å². The van der Waals surface area contributed by atoms with Gasteiger partial charge in [-0.25, -0.2) is 0 Å². The van der Waals surface area contributed by atoms with Gasteiger partial charge in [-0.3, -0.25) is 0 Å². The van der Waals surface area contributed by atoms with Crippen molar-refractivity contribution in [3.8, 4) is 0 Å². The molecule has 0 aromatic rings. The molecule has 1 unspecified atom stereocenters. The van der Waals surface area contributed by atoms with Crippen LogP contribution in [0.4, 0.5) is 0 Å². The van der Waals surface area contributed by atoms with Crippen molar-refractivity contribution < 1.29 is 9.94 Å². The van der Waals surface area contributed by atoms with Crippen LogP contribution in [-0.4, -0.2) is 21.5 Å². The number of hydrogen-bond donors (Lipinski definition) is 1. The number of hydrogen-bond acceptors (Lipinski definition) is 3. The van der Waals surface area contributed by atoms with Gasteiger partial charge in [-0.2, -0.15) is 0 Å². The highest BCUT2D eigenvalue weighted by Crippen LogP contribution is 2.08. The second-order valence-corrected chi connectivity index (χ2v) is 4.73. The molecule has 0 aromatic carbocycles. The van der Waals surface area contributed by atoms with E-state index in [0.717, 1.165) is 37.8 Å². The van der Waals surface area contributed by atoms with E-state index in [1.807, 2.05) is 29.5 Å². The van der Waals surface area contributed by atoms with Crippen molar-refractivity contribution in [1.82, 2.24) is 0 Å². The highest BCUT2D eigenvalue weighted by molar-refractivity contribution is 14.1. The van der Waals surface area contributed by atoms with Crippen LogP contribution in [0.1, 0.15) is 46.0 Å². The van der Waals surface area contributed by atoms with E-state index in [2.05, 4.69) is 12.1 Å². The van der Waals surface area contributed by atoms with Gasteiger partial charge < -0.3 is 9.94 Å². The minimum Gasteiger partial charge on any atom is -0.396 e. The first kappa shape index (κ1) is 14.2. The van der Waals surface area contributed by atoms with Gasteiger partial charge in [0, 0.05) is 0 Å². The molecular weight excluding hydrogens is 293 g/mol. The summed E-state index contributed by atoms with van der Waals surface area (Å²) < 4.78 is -0.200. The van der Waals surface area contributed by atoms with Gasteiger partial charge in [0.2, 0.25) is 0 Å². The lowest BCUT2D eigenvalue weighted by Gasteiger charge is -2.02. The Hall–Kier alpha value is 0.160. The first-order chi connectivity index (χ1) is 6.66. The minimum atomic E-state index is -0.200. The highest BCUT2D eigenvalue weighted by atomic mass is 127. The molecule has 0 aliphatic rings. The second kappa shape index (κ2) is 9.71. The Morgan fingerprint density at radius 2 is 2.14 bits per heavy atom. The standard InChI is InChI=1S/C10H20INO2/c1-3-9(2)12-14-8-6-4-5-7-10(11)13/h10,13H,3-8H2,1-2H3/b12-9+. The Bertz CT molecular complexity index is 160. The van der Waals surface area contributed by atoms with E-state index in [9.17, 15) is 0 Å². The third-order valence-corrected chi connectivity index (χ3v) is 2.53. The van der Waals surface area contributed by atoms with Gasteiger partial charge in [-0.1, -0.05) is 34.7 Å². The Kier molecular flexibility index (Phi) is 9.82. The van der Waals surface area contributed by atoms with Gasteiger partial charge in [0.25, 0.3) is 0 Å². The summed E-state index contributed by atoms with van der Waals surface area (Å²) in [6, 6.07) is 0. The molecule has 3 nitrogen and oxygen atoms in total. The number of aliphatic hydroxyl groups excluding tert-OH is 1. The summed E-state index contributed by atoms with van der Waals surface area (Å²) >= 11 is 2.03. The third kappa shape index (κ3) is 10.2. The summed E-state index contributed by atoms with van der Waals surface area (Å²) in [6.07, 6.45) is 4.99. The molecule has 0 aliphatic heterocycles. The lowest BCUT2D eigenvalue weighted by atomic mass is 10.2. The van der Waals surface area contributed by atoms with E-state index in [-0.39, 0.29) is 4.11 Å². The predicted molar refractivity (Wildman–Crippen MR) is 67.8 cm³/mol. The Labute approximate surface area is 100 Å². The van der Waals surface area contributed by atoms with Crippen molar-refractivity contribution >= 4 is 28.3 Å². The van der Waals surface area contributed by atoms with Gasteiger partial charge in [0.05, 0.1) is 5.71 Å². The number of halogens is 1. The molecule has 0 amide bonds. The molecule has 0 spiro atoms. The van der Waals surface area contributed by atoms with Crippen molar-refractivity contribution in [2.75, 3.05) is 6.61 Å². The molecule has 1 N–H and O–H groups in total. The summed E-state index contributed by atoms with van der Waals surface area (Å²) in [5.74, 6) is 0. The molecule has 1 atom stereocenters. The Balaban J connectivity index is 3.14. The molecule has 0 saturated heterocycles. The van der Waals surface area contributed by atoms with Crippen molar-refractivity contribution in [1.29, 1.82) is 0 Å². The summed E-state index contributed by atoms with van der Waals surface area (Å²) in [6.45, 7) is 4.71. The van der Waals surface area contributed by atoms with Crippen LogP contribution in [0.5, 0.6) is 0 Å². The minimum absolute atomic E-state index is 0.200. The third-order valence-electron chi connectivity index (χ3n) is 1.91. The number of unbranched alkanes of at least 4 members (excludes halogenated alkanes) is 2. The number of rotatable bonds is 8. The molecule has 0 heterocycles. The Morgan fingerprint density at radius 3 is 2.71 bits per heavy atom. The fraction of sp³-hybridized carbons (Fsp3) is 0.900. The highest BCUT2D eigenvalue weighted by Gasteiger charge is 1.96. The Morgan fingerprint density at radius 1 is 1.43 bits per heavy atom. The average molecular weight is 313 g/mol. The molecular formula is C10H20INO2. The molecule has 0 bridgehead atoms. The molecule has 0 radical (unpaired) electrons. The molecule has 0 fully saturated rings. The molecule has 0 saturated carbocycles. The van der Waals surface area contributed by atoms with Gasteiger partial charge in [-0.05, 0) is 39.0 Å². The fourth-order valence-corrected chi connectivity index (χ4v) is 1.32. The van der Waals surface area contributed by atoms with E-state index < -0.39 is 0 Å². The number of nitrogens with zero attached hydrogens (tertiary/aromatic N) is 1. The van der Waals surface area contributed by atoms with Crippen LogP contribution in [0, 0.1) is 0 Å². The molecule has 0 rings (SSSR count). The first-order valence-corrected chi connectivity index (χ1v) is 6.39. The van der Waals surface area contributed by atoms with Crippen molar-refractivity contribution in [3.63, 3.8) is 0 Å². The average Bonchev–Trinajstić information content (AvgIpc) is 2.15. The second-order valence-electron chi connectivity index (χ2n) is 3.30. The van der Waals surface area contributed by atoms with Gasteiger partial charge >= 0.3 is 0 Å². The molecule has 4 heteroatoms. The molecule has 0 aliphatic carbocycles. The van der Waals surface area contributed by atoms with Crippen molar-refractivity contribution in [3.05, 3.63) is 0 Å². The van der Waals surface area contributed by atoms with Crippen LogP contribution in [0.25, 0.3) is 0 Å². The van der Waals surface area contributed by atoms with Crippen LogP contribution in [0.2, 0.25) is 0 Å².